The second kappa shape index (κ2) is 1.80. The molecule has 3 heteroatoms. The van der Waals surface area contributed by atoms with Gasteiger partial charge in [-0.15, -0.1) is 0 Å². The molecule has 0 unspecified atom stereocenters. The second-order valence-electron chi connectivity index (χ2n) is 2.32. The van der Waals surface area contributed by atoms with Gasteiger partial charge in [0.05, 0.1) is 7.05 Å². The molecule has 0 saturated heterocycles. The standard InChI is InChI=1S/C7H8N3/c1-9-4-7-2-3-8-5-10(7)6-9/h2-6H,1H3/q+1. The van der Waals surface area contributed by atoms with Gasteiger partial charge in [-0.3, -0.25) is 0 Å². The molecule has 0 fully saturated rings. The predicted molar refractivity (Wildman–Crippen MR) is 36.4 cm³/mol. The lowest BCUT2D eigenvalue weighted by Crippen LogP contribution is -2.23. The molecule has 0 N–H and O–H groups in total. The van der Waals surface area contributed by atoms with Crippen molar-refractivity contribution in [2.75, 3.05) is 0 Å². The normalized spacial score (nSPS) is 10.5. The van der Waals surface area contributed by atoms with Crippen LogP contribution in [0.25, 0.3) is 5.52 Å². The maximum absolute atomic E-state index is 3.98. The summed E-state index contributed by atoms with van der Waals surface area (Å²) in [4.78, 5) is 3.98. The molecule has 2 heterocycles. The van der Waals surface area contributed by atoms with E-state index in [1.807, 2.05) is 34.6 Å². The van der Waals surface area contributed by atoms with E-state index in [1.165, 1.54) is 0 Å². The number of hydrogen-bond donors (Lipinski definition) is 0. The van der Waals surface area contributed by atoms with Gasteiger partial charge < -0.3 is 0 Å². The smallest absolute Gasteiger partial charge is 0.238 e. The highest BCUT2D eigenvalue weighted by atomic mass is 15.1. The number of imidazole rings is 1. The summed E-state index contributed by atoms with van der Waals surface area (Å²) < 4.78 is 3.97. The third-order valence-corrected chi connectivity index (χ3v) is 1.46. The van der Waals surface area contributed by atoms with E-state index in [4.69, 9.17) is 0 Å². The number of aryl methyl sites for hydroxylation is 1. The lowest BCUT2D eigenvalue weighted by Gasteiger charge is -1.78. The molecule has 2 aromatic rings. The van der Waals surface area contributed by atoms with Crippen LogP contribution >= 0.6 is 0 Å². The zero-order valence-corrected chi connectivity index (χ0v) is 5.73. The van der Waals surface area contributed by atoms with Crippen molar-refractivity contribution in [1.29, 1.82) is 0 Å². The minimum absolute atomic E-state index is 1.16. The van der Waals surface area contributed by atoms with E-state index in [0.717, 1.165) is 5.52 Å². The Bertz CT molecular complexity index is 317. The van der Waals surface area contributed by atoms with Crippen LogP contribution in [0.2, 0.25) is 0 Å². The molecule has 50 valence electrons. The molecule has 0 atom stereocenters. The van der Waals surface area contributed by atoms with Crippen molar-refractivity contribution in [2.24, 2.45) is 7.05 Å². The maximum Gasteiger partial charge on any atom is 0.250 e. The number of rotatable bonds is 0. The molecule has 0 aliphatic rings. The third kappa shape index (κ3) is 0.673. The molecular weight excluding hydrogens is 126 g/mol. The predicted octanol–water partition coefficient (Wildman–Crippen LogP) is 0.159. The Morgan fingerprint density at radius 3 is 3.30 bits per heavy atom. The Morgan fingerprint density at radius 1 is 1.60 bits per heavy atom. The average Bonchev–Trinajstić information content (AvgIpc) is 2.27. The average molecular weight is 134 g/mol. The van der Waals surface area contributed by atoms with Gasteiger partial charge in [-0.1, -0.05) is 0 Å². The molecule has 0 spiro atoms. The van der Waals surface area contributed by atoms with Crippen molar-refractivity contribution < 1.29 is 4.57 Å². The molecule has 0 aromatic carbocycles. The van der Waals surface area contributed by atoms with Gasteiger partial charge in [0.1, 0.15) is 6.20 Å². The first kappa shape index (κ1) is 5.41. The fraction of sp³-hybridized carbons (Fsp3) is 0.143. The third-order valence-electron chi connectivity index (χ3n) is 1.46. The summed E-state index contributed by atoms with van der Waals surface area (Å²) in [5.74, 6) is 0. The van der Waals surface area contributed by atoms with Crippen LogP contribution in [0.1, 0.15) is 0 Å². The van der Waals surface area contributed by atoms with Crippen LogP contribution in [0.15, 0.2) is 31.1 Å². The first-order valence-electron chi connectivity index (χ1n) is 3.13. The van der Waals surface area contributed by atoms with E-state index in [2.05, 4.69) is 4.98 Å². The van der Waals surface area contributed by atoms with E-state index < -0.39 is 0 Å². The van der Waals surface area contributed by atoms with Crippen molar-refractivity contribution in [3.8, 4) is 0 Å². The second-order valence-corrected chi connectivity index (χ2v) is 2.32. The monoisotopic (exact) mass is 134 g/mol. The zero-order chi connectivity index (χ0) is 6.97. The first-order chi connectivity index (χ1) is 4.86. The molecule has 0 radical (unpaired) electrons. The van der Waals surface area contributed by atoms with Gasteiger partial charge >= 0.3 is 0 Å². The highest BCUT2D eigenvalue weighted by Gasteiger charge is 1.99. The summed E-state index contributed by atoms with van der Waals surface area (Å²) >= 11 is 0. The topological polar surface area (TPSA) is 21.2 Å². The van der Waals surface area contributed by atoms with Crippen LogP contribution in [0, 0.1) is 0 Å². The Labute approximate surface area is 58.6 Å². The summed E-state index contributed by atoms with van der Waals surface area (Å²) in [6.45, 7) is 0. The molecule has 10 heavy (non-hydrogen) atoms. The van der Waals surface area contributed by atoms with Crippen LogP contribution in [0.4, 0.5) is 0 Å². The molecule has 0 aliphatic carbocycles. The summed E-state index contributed by atoms with van der Waals surface area (Å²) in [6, 6.07) is 1.97. The molecular formula is C7H8N3+. The quantitative estimate of drug-likeness (QED) is 0.470. The molecule has 2 aromatic heterocycles. The van der Waals surface area contributed by atoms with Crippen LogP contribution in [0.5, 0.6) is 0 Å². The van der Waals surface area contributed by atoms with Crippen LogP contribution in [-0.2, 0) is 7.05 Å². The SMILES string of the molecule is C[n+]1cc2ccncn2c1. The van der Waals surface area contributed by atoms with Crippen molar-refractivity contribution in [1.82, 2.24) is 9.38 Å². The largest absolute Gasteiger partial charge is 0.250 e. The van der Waals surface area contributed by atoms with E-state index in [-0.39, 0.29) is 0 Å². The lowest BCUT2D eigenvalue weighted by molar-refractivity contribution is -0.670. The highest BCUT2D eigenvalue weighted by molar-refractivity contribution is 5.40. The molecule has 0 amide bonds. The summed E-state index contributed by atoms with van der Waals surface area (Å²) in [7, 11) is 1.99. The first-order valence-corrected chi connectivity index (χ1v) is 3.13. The molecule has 0 aliphatic heterocycles. The van der Waals surface area contributed by atoms with Gasteiger partial charge in [-0.2, -0.15) is 4.40 Å². The van der Waals surface area contributed by atoms with Gasteiger partial charge in [-0.25, -0.2) is 9.55 Å². The Morgan fingerprint density at radius 2 is 2.50 bits per heavy atom. The zero-order valence-electron chi connectivity index (χ0n) is 5.73. The van der Waals surface area contributed by atoms with Crippen molar-refractivity contribution in [3.63, 3.8) is 0 Å². The van der Waals surface area contributed by atoms with Crippen LogP contribution in [-0.4, -0.2) is 9.38 Å². The van der Waals surface area contributed by atoms with Crippen molar-refractivity contribution in [2.45, 2.75) is 0 Å². The van der Waals surface area contributed by atoms with Crippen LogP contribution in [0.3, 0.4) is 0 Å². The van der Waals surface area contributed by atoms with E-state index in [0.29, 0.717) is 0 Å². The summed E-state index contributed by atoms with van der Waals surface area (Å²) in [5.41, 5.74) is 1.16. The van der Waals surface area contributed by atoms with E-state index >= 15 is 0 Å². The highest BCUT2D eigenvalue weighted by Crippen LogP contribution is 1.94. The van der Waals surface area contributed by atoms with Gasteiger partial charge in [0.15, 0.2) is 11.8 Å². The number of fused-ring (bicyclic) bond motifs is 1. The minimum Gasteiger partial charge on any atom is -0.238 e. The number of hydrogen-bond acceptors (Lipinski definition) is 1. The maximum atomic E-state index is 3.98. The molecule has 2 rings (SSSR count). The molecule has 0 saturated carbocycles. The molecule has 3 nitrogen and oxygen atoms in total. The van der Waals surface area contributed by atoms with E-state index in [1.54, 1.807) is 12.5 Å². The Kier molecular flexibility index (Phi) is 0.974. The van der Waals surface area contributed by atoms with Gasteiger partial charge in [0.2, 0.25) is 6.33 Å². The van der Waals surface area contributed by atoms with Gasteiger partial charge in [-0.05, 0) is 0 Å². The fourth-order valence-corrected chi connectivity index (χ4v) is 1.03. The molecule has 0 bridgehead atoms. The minimum atomic E-state index is 1.16. The fourth-order valence-electron chi connectivity index (χ4n) is 1.03. The lowest BCUT2D eigenvalue weighted by atomic mass is 10.5. The van der Waals surface area contributed by atoms with Gasteiger partial charge in [0, 0.05) is 12.3 Å². The van der Waals surface area contributed by atoms with E-state index in [9.17, 15) is 0 Å². The number of nitrogens with zero attached hydrogens (tertiary/aromatic N) is 3. The van der Waals surface area contributed by atoms with Crippen molar-refractivity contribution >= 4 is 5.52 Å². The Balaban J connectivity index is 2.88. The Hall–Kier alpha value is -1.38. The van der Waals surface area contributed by atoms with Crippen molar-refractivity contribution in [3.05, 3.63) is 31.1 Å². The summed E-state index contributed by atoms with van der Waals surface area (Å²) in [5, 5.41) is 0. The van der Waals surface area contributed by atoms with Gasteiger partial charge in [0.25, 0.3) is 0 Å². The number of aromatic nitrogens is 3. The van der Waals surface area contributed by atoms with Crippen LogP contribution < -0.4 is 4.57 Å². The summed E-state index contributed by atoms with van der Waals surface area (Å²) in [6.07, 6.45) is 7.59.